The molecular weight excluding hydrogens is 167 g/mol. The molecular formula is C10H11FN2. The van der Waals surface area contributed by atoms with Gasteiger partial charge in [-0.25, -0.2) is 4.39 Å². The molecule has 3 heteroatoms. The van der Waals surface area contributed by atoms with Crippen molar-refractivity contribution in [1.82, 2.24) is 0 Å². The van der Waals surface area contributed by atoms with Crippen LogP contribution < -0.4 is 5.73 Å². The van der Waals surface area contributed by atoms with E-state index in [0.717, 1.165) is 0 Å². The zero-order valence-corrected chi connectivity index (χ0v) is 7.20. The highest BCUT2D eigenvalue weighted by Crippen LogP contribution is 2.18. The van der Waals surface area contributed by atoms with Crippen molar-refractivity contribution >= 4 is 0 Å². The fourth-order valence-corrected chi connectivity index (χ4v) is 1.15. The molecule has 1 atom stereocenters. The molecule has 13 heavy (non-hydrogen) atoms. The minimum atomic E-state index is -0.374. The number of halogens is 1. The van der Waals surface area contributed by atoms with E-state index in [4.69, 9.17) is 11.0 Å². The maximum atomic E-state index is 13.1. The lowest BCUT2D eigenvalue weighted by Crippen LogP contribution is -2.11. The molecule has 1 aromatic rings. The Hall–Kier alpha value is -1.40. The lowest BCUT2D eigenvalue weighted by molar-refractivity contribution is 0.567. The van der Waals surface area contributed by atoms with Crippen molar-refractivity contribution in [2.75, 3.05) is 0 Å². The molecule has 1 aromatic carbocycles. The van der Waals surface area contributed by atoms with Gasteiger partial charge < -0.3 is 5.73 Å². The average molecular weight is 178 g/mol. The summed E-state index contributed by atoms with van der Waals surface area (Å²) in [6, 6.07) is 8.00. The van der Waals surface area contributed by atoms with Gasteiger partial charge in [0.1, 0.15) is 5.82 Å². The van der Waals surface area contributed by atoms with Gasteiger partial charge in [-0.1, -0.05) is 18.2 Å². The quantitative estimate of drug-likeness (QED) is 0.770. The largest absolute Gasteiger partial charge is 0.324 e. The third kappa shape index (κ3) is 2.53. The zero-order valence-electron chi connectivity index (χ0n) is 7.20. The van der Waals surface area contributed by atoms with Crippen LogP contribution >= 0.6 is 0 Å². The van der Waals surface area contributed by atoms with Crippen LogP contribution in [0.15, 0.2) is 24.3 Å². The van der Waals surface area contributed by atoms with E-state index in [-0.39, 0.29) is 11.9 Å². The first kappa shape index (κ1) is 9.69. The van der Waals surface area contributed by atoms with Gasteiger partial charge in [-0.05, 0) is 12.5 Å². The molecule has 0 aliphatic heterocycles. The lowest BCUT2D eigenvalue weighted by atomic mass is 10.0. The van der Waals surface area contributed by atoms with E-state index in [1.807, 2.05) is 6.07 Å². The molecule has 0 aliphatic carbocycles. The van der Waals surface area contributed by atoms with Crippen LogP contribution in [0.1, 0.15) is 24.4 Å². The van der Waals surface area contributed by atoms with E-state index < -0.39 is 0 Å². The second-order valence-electron chi connectivity index (χ2n) is 2.82. The molecule has 0 bridgehead atoms. The number of benzene rings is 1. The normalized spacial score (nSPS) is 12.1. The van der Waals surface area contributed by atoms with E-state index in [2.05, 4.69) is 0 Å². The van der Waals surface area contributed by atoms with Crippen molar-refractivity contribution < 1.29 is 4.39 Å². The summed E-state index contributed by atoms with van der Waals surface area (Å²) in [4.78, 5) is 0. The van der Waals surface area contributed by atoms with Gasteiger partial charge in [0.2, 0.25) is 0 Å². The van der Waals surface area contributed by atoms with Gasteiger partial charge in [-0.2, -0.15) is 5.26 Å². The number of nitrogens with zero attached hydrogens (tertiary/aromatic N) is 1. The van der Waals surface area contributed by atoms with Crippen molar-refractivity contribution in [1.29, 1.82) is 5.26 Å². The van der Waals surface area contributed by atoms with Gasteiger partial charge in [-0.15, -0.1) is 0 Å². The number of hydrogen-bond acceptors (Lipinski definition) is 2. The predicted octanol–water partition coefficient (Wildman–Crippen LogP) is 2.13. The summed E-state index contributed by atoms with van der Waals surface area (Å²) in [5.74, 6) is -0.298. The Bertz CT molecular complexity index is 317. The van der Waals surface area contributed by atoms with Crippen LogP contribution in [0, 0.1) is 17.1 Å². The third-order valence-corrected chi connectivity index (χ3v) is 1.87. The fraction of sp³-hybridized carbons (Fsp3) is 0.300. The molecule has 0 heterocycles. The smallest absolute Gasteiger partial charge is 0.127 e. The minimum absolute atomic E-state index is 0.298. The number of hydrogen-bond donors (Lipinski definition) is 1. The highest BCUT2D eigenvalue weighted by Gasteiger charge is 2.09. The maximum absolute atomic E-state index is 13.1. The predicted molar refractivity (Wildman–Crippen MR) is 48.2 cm³/mol. The van der Waals surface area contributed by atoms with Crippen molar-refractivity contribution in [2.24, 2.45) is 5.73 Å². The maximum Gasteiger partial charge on any atom is 0.127 e. The van der Waals surface area contributed by atoms with Crippen LogP contribution in [0.25, 0.3) is 0 Å². The van der Waals surface area contributed by atoms with Gasteiger partial charge in [0.05, 0.1) is 6.07 Å². The SMILES string of the molecule is N#CCCC(N)c1ccccc1F. The standard InChI is InChI=1S/C10H11FN2/c11-9-5-2-1-4-8(9)10(13)6-3-7-12/h1-2,4-5,10H,3,6,13H2. The Morgan fingerprint density at radius 2 is 2.15 bits per heavy atom. The van der Waals surface area contributed by atoms with Crippen LogP contribution in [0.3, 0.4) is 0 Å². The van der Waals surface area contributed by atoms with Crippen LogP contribution in [0.2, 0.25) is 0 Å². The Kier molecular flexibility index (Phi) is 3.41. The van der Waals surface area contributed by atoms with Gasteiger partial charge in [0.15, 0.2) is 0 Å². The average Bonchev–Trinajstić information content (AvgIpc) is 2.15. The molecule has 1 unspecified atom stereocenters. The third-order valence-electron chi connectivity index (χ3n) is 1.87. The monoisotopic (exact) mass is 178 g/mol. The summed E-state index contributed by atoms with van der Waals surface area (Å²) in [5, 5.41) is 8.33. The molecule has 2 nitrogen and oxygen atoms in total. The molecule has 0 saturated carbocycles. The van der Waals surface area contributed by atoms with E-state index in [0.29, 0.717) is 18.4 Å². The summed E-state index contributed by atoms with van der Waals surface area (Å²) in [6.07, 6.45) is 0.854. The molecule has 0 radical (unpaired) electrons. The van der Waals surface area contributed by atoms with E-state index in [1.54, 1.807) is 18.2 Å². The van der Waals surface area contributed by atoms with Gasteiger partial charge >= 0.3 is 0 Å². The van der Waals surface area contributed by atoms with Crippen LogP contribution in [0.4, 0.5) is 4.39 Å². The molecule has 1 rings (SSSR count). The highest BCUT2D eigenvalue weighted by atomic mass is 19.1. The minimum Gasteiger partial charge on any atom is -0.324 e. The number of rotatable bonds is 3. The summed E-state index contributed by atoms with van der Waals surface area (Å²) in [5.41, 5.74) is 6.17. The number of nitriles is 1. The van der Waals surface area contributed by atoms with E-state index in [1.165, 1.54) is 6.07 Å². The number of nitrogens with two attached hydrogens (primary N) is 1. The van der Waals surface area contributed by atoms with Crippen molar-refractivity contribution in [3.63, 3.8) is 0 Å². The Morgan fingerprint density at radius 1 is 1.46 bits per heavy atom. The Balaban J connectivity index is 2.72. The molecule has 2 N–H and O–H groups in total. The molecule has 0 aromatic heterocycles. The molecule has 0 spiro atoms. The summed E-state index contributed by atoms with van der Waals surface area (Å²) in [7, 11) is 0. The summed E-state index contributed by atoms with van der Waals surface area (Å²) < 4.78 is 13.1. The van der Waals surface area contributed by atoms with Crippen LogP contribution in [-0.2, 0) is 0 Å². The fourth-order valence-electron chi connectivity index (χ4n) is 1.15. The van der Waals surface area contributed by atoms with E-state index in [9.17, 15) is 4.39 Å². The zero-order chi connectivity index (χ0) is 9.68. The second-order valence-corrected chi connectivity index (χ2v) is 2.82. The van der Waals surface area contributed by atoms with Crippen molar-refractivity contribution in [2.45, 2.75) is 18.9 Å². The molecule has 68 valence electrons. The van der Waals surface area contributed by atoms with Crippen molar-refractivity contribution in [3.8, 4) is 6.07 Å². The summed E-state index contributed by atoms with van der Waals surface area (Å²) in [6.45, 7) is 0. The lowest BCUT2D eigenvalue weighted by Gasteiger charge is -2.10. The second kappa shape index (κ2) is 4.58. The first-order valence-corrected chi connectivity index (χ1v) is 4.12. The van der Waals surface area contributed by atoms with Gasteiger partial charge in [-0.3, -0.25) is 0 Å². The van der Waals surface area contributed by atoms with Gasteiger partial charge in [0, 0.05) is 18.0 Å². The summed E-state index contributed by atoms with van der Waals surface area (Å²) >= 11 is 0. The Labute approximate surface area is 76.8 Å². The molecule has 0 fully saturated rings. The highest BCUT2D eigenvalue weighted by molar-refractivity contribution is 5.20. The van der Waals surface area contributed by atoms with Gasteiger partial charge in [0.25, 0.3) is 0 Å². The molecule has 0 aliphatic rings. The molecule has 0 saturated heterocycles. The van der Waals surface area contributed by atoms with E-state index >= 15 is 0 Å². The molecule has 0 amide bonds. The first-order chi connectivity index (χ1) is 6.25. The van der Waals surface area contributed by atoms with Crippen LogP contribution in [0.5, 0.6) is 0 Å². The topological polar surface area (TPSA) is 49.8 Å². The first-order valence-electron chi connectivity index (χ1n) is 4.12. The Morgan fingerprint density at radius 3 is 2.77 bits per heavy atom. The van der Waals surface area contributed by atoms with Crippen molar-refractivity contribution in [3.05, 3.63) is 35.6 Å². The van der Waals surface area contributed by atoms with Crippen LogP contribution in [-0.4, -0.2) is 0 Å².